The SMILES string of the molecule is CN=C(NCCCOCC(F)(F)F)NCC(CC(C)C)N1CCOCC1. The van der Waals surface area contributed by atoms with E-state index in [1.54, 1.807) is 7.05 Å². The molecule has 1 rings (SSSR count). The molecule has 154 valence electrons. The van der Waals surface area contributed by atoms with Crippen molar-refractivity contribution in [3.8, 4) is 0 Å². The summed E-state index contributed by atoms with van der Waals surface area (Å²) in [5.74, 6) is 1.24. The third-order valence-corrected chi connectivity index (χ3v) is 4.06. The highest BCUT2D eigenvalue weighted by Gasteiger charge is 2.27. The molecule has 0 aliphatic carbocycles. The minimum atomic E-state index is -4.27. The Hall–Kier alpha value is -1.06. The lowest BCUT2D eigenvalue weighted by Crippen LogP contribution is -2.51. The van der Waals surface area contributed by atoms with Gasteiger partial charge in [-0.15, -0.1) is 0 Å². The van der Waals surface area contributed by atoms with Crippen LogP contribution >= 0.6 is 0 Å². The number of nitrogens with one attached hydrogen (secondary N) is 2. The summed E-state index contributed by atoms with van der Waals surface area (Å²) < 4.78 is 46.0. The van der Waals surface area contributed by atoms with E-state index >= 15 is 0 Å². The second-order valence-electron chi connectivity index (χ2n) is 6.83. The Bertz CT molecular complexity index is 400. The first kappa shape index (κ1) is 23.0. The zero-order chi connectivity index (χ0) is 19.4. The molecule has 1 aliphatic rings. The first-order valence-corrected chi connectivity index (χ1v) is 9.22. The fraction of sp³-hybridized carbons (Fsp3) is 0.941. The highest BCUT2D eigenvalue weighted by atomic mass is 19.4. The number of hydrogen-bond donors (Lipinski definition) is 2. The molecule has 2 N–H and O–H groups in total. The molecule has 0 saturated carbocycles. The second kappa shape index (κ2) is 12.3. The van der Waals surface area contributed by atoms with Gasteiger partial charge in [0.25, 0.3) is 0 Å². The van der Waals surface area contributed by atoms with E-state index in [4.69, 9.17) is 4.74 Å². The number of nitrogens with zero attached hydrogens (tertiary/aromatic N) is 2. The van der Waals surface area contributed by atoms with Crippen LogP contribution in [0.3, 0.4) is 0 Å². The third-order valence-electron chi connectivity index (χ3n) is 4.06. The van der Waals surface area contributed by atoms with Crippen molar-refractivity contribution in [3.05, 3.63) is 0 Å². The van der Waals surface area contributed by atoms with Crippen molar-refractivity contribution >= 4 is 5.96 Å². The summed E-state index contributed by atoms with van der Waals surface area (Å²) in [6.45, 7) is 7.95. The van der Waals surface area contributed by atoms with Crippen LogP contribution in [-0.2, 0) is 9.47 Å². The van der Waals surface area contributed by atoms with Gasteiger partial charge in [0.05, 0.1) is 13.2 Å². The predicted molar refractivity (Wildman–Crippen MR) is 96.5 cm³/mol. The fourth-order valence-electron chi connectivity index (χ4n) is 2.85. The van der Waals surface area contributed by atoms with Gasteiger partial charge in [-0.25, -0.2) is 0 Å². The van der Waals surface area contributed by atoms with Crippen LogP contribution in [0.15, 0.2) is 4.99 Å². The highest BCUT2D eigenvalue weighted by molar-refractivity contribution is 5.79. The number of aliphatic imine (C=N–C) groups is 1. The molecular weight excluding hydrogens is 349 g/mol. The standard InChI is InChI=1S/C17H33F3N4O2/c1-14(2)11-15(24-6-9-25-10-7-24)12-23-16(21-3)22-5-4-8-26-13-17(18,19)20/h14-15H,4-13H2,1-3H3,(H2,21,22,23). The van der Waals surface area contributed by atoms with Crippen LogP contribution < -0.4 is 10.6 Å². The number of alkyl halides is 3. The van der Waals surface area contributed by atoms with Crippen LogP contribution in [0.25, 0.3) is 0 Å². The van der Waals surface area contributed by atoms with Crippen LogP contribution in [0, 0.1) is 5.92 Å². The van der Waals surface area contributed by atoms with Crippen LogP contribution in [0.1, 0.15) is 26.7 Å². The van der Waals surface area contributed by atoms with Crippen LogP contribution in [0.5, 0.6) is 0 Å². The Kier molecular flexibility index (Phi) is 10.9. The van der Waals surface area contributed by atoms with Gasteiger partial charge >= 0.3 is 6.18 Å². The van der Waals surface area contributed by atoms with E-state index < -0.39 is 12.8 Å². The minimum absolute atomic E-state index is 0.0628. The van der Waals surface area contributed by atoms with Gasteiger partial charge < -0.3 is 20.1 Å². The lowest BCUT2D eigenvalue weighted by Gasteiger charge is -2.35. The molecule has 26 heavy (non-hydrogen) atoms. The molecule has 0 aromatic heterocycles. The minimum Gasteiger partial charge on any atom is -0.379 e. The zero-order valence-electron chi connectivity index (χ0n) is 16.1. The lowest BCUT2D eigenvalue weighted by atomic mass is 10.0. The van der Waals surface area contributed by atoms with E-state index in [0.717, 1.165) is 39.3 Å². The molecule has 0 aromatic rings. The molecule has 1 saturated heterocycles. The fourth-order valence-corrected chi connectivity index (χ4v) is 2.85. The quantitative estimate of drug-likeness (QED) is 0.343. The van der Waals surface area contributed by atoms with E-state index in [9.17, 15) is 13.2 Å². The maximum absolute atomic E-state index is 12.0. The average Bonchev–Trinajstić information content (AvgIpc) is 2.58. The van der Waals surface area contributed by atoms with Gasteiger partial charge in [-0.05, 0) is 18.8 Å². The van der Waals surface area contributed by atoms with Crippen molar-refractivity contribution in [3.63, 3.8) is 0 Å². The summed E-state index contributed by atoms with van der Waals surface area (Å²) in [4.78, 5) is 6.61. The van der Waals surface area contributed by atoms with Gasteiger partial charge in [-0.3, -0.25) is 9.89 Å². The van der Waals surface area contributed by atoms with Crippen LogP contribution in [0.4, 0.5) is 13.2 Å². The van der Waals surface area contributed by atoms with Crippen molar-refractivity contribution in [2.24, 2.45) is 10.9 Å². The van der Waals surface area contributed by atoms with Gasteiger partial charge in [0.15, 0.2) is 5.96 Å². The first-order chi connectivity index (χ1) is 12.3. The molecule has 9 heteroatoms. The summed E-state index contributed by atoms with van der Waals surface area (Å²) in [5, 5.41) is 6.44. The number of hydrogen-bond acceptors (Lipinski definition) is 4. The summed E-state index contributed by atoms with van der Waals surface area (Å²) in [7, 11) is 1.68. The van der Waals surface area contributed by atoms with Gasteiger partial charge in [0, 0.05) is 45.9 Å². The summed E-state index contributed by atoms with van der Waals surface area (Å²) in [6, 6.07) is 0.396. The number of halogens is 3. The Morgan fingerprint density at radius 2 is 1.92 bits per heavy atom. The normalized spacial score (nSPS) is 18.2. The van der Waals surface area contributed by atoms with E-state index in [-0.39, 0.29) is 6.61 Å². The zero-order valence-corrected chi connectivity index (χ0v) is 16.1. The Balaban J connectivity index is 2.29. The Morgan fingerprint density at radius 3 is 2.50 bits per heavy atom. The molecule has 1 heterocycles. The summed E-state index contributed by atoms with van der Waals surface area (Å²) in [6.07, 6.45) is -2.71. The van der Waals surface area contributed by atoms with Gasteiger partial charge in [-0.2, -0.15) is 13.2 Å². The van der Waals surface area contributed by atoms with Crippen molar-refractivity contribution in [2.45, 2.75) is 38.9 Å². The number of morpholine rings is 1. The molecule has 6 nitrogen and oxygen atoms in total. The number of ether oxygens (including phenoxy) is 2. The second-order valence-corrected chi connectivity index (χ2v) is 6.83. The van der Waals surface area contributed by atoms with Crippen molar-refractivity contribution in [1.82, 2.24) is 15.5 Å². The largest absolute Gasteiger partial charge is 0.411 e. The average molecular weight is 382 g/mol. The van der Waals surface area contributed by atoms with Crippen molar-refractivity contribution in [2.75, 3.05) is 59.7 Å². The van der Waals surface area contributed by atoms with Gasteiger partial charge in [-0.1, -0.05) is 13.8 Å². The molecular formula is C17H33F3N4O2. The van der Waals surface area contributed by atoms with E-state index in [0.29, 0.717) is 30.9 Å². The van der Waals surface area contributed by atoms with Crippen molar-refractivity contribution < 1.29 is 22.6 Å². The van der Waals surface area contributed by atoms with Crippen LogP contribution in [-0.4, -0.2) is 82.7 Å². The molecule has 1 aliphatic heterocycles. The van der Waals surface area contributed by atoms with E-state index in [1.807, 2.05) is 0 Å². The monoisotopic (exact) mass is 382 g/mol. The molecule has 0 aromatic carbocycles. The molecule has 0 spiro atoms. The highest BCUT2D eigenvalue weighted by Crippen LogP contribution is 2.14. The van der Waals surface area contributed by atoms with Crippen LogP contribution in [0.2, 0.25) is 0 Å². The smallest absolute Gasteiger partial charge is 0.379 e. The molecule has 1 fully saturated rings. The summed E-state index contributed by atoms with van der Waals surface area (Å²) >= 11 is 0. The number of guanidine groups is 1. The Labute approximate surface area is 154 Å². The molecule has 0 radical (unpaired) electrons. The maximum atomic E-state index is 12.0. The van der Waals surface area contributed by atoms with Crippen molar-refractivity contribution in [1.29, 1.82) is 0 Å². The van der Waals surface area contributed by atoms with Gasteiger partial charge in [0.2, 0.25) is 0 Å². The molecule has 0 bridgehead atoms. The molecule has 0 amide bonds. The van der Waals surface area contributed by atoms with E-state index in [2.05, 4.69) is 39.1 Å². The first-order valence-electron chi connectivity index (χ1n) is 9.22. The topological polar surface area (TPSA) is 58.1 Å². The van der Waals surface area contributed by atoms with Gasteiger partial charge in [0.1, 0.15) is 6.61 Å². The van der Waals surface area contributed by atoms with E-state index in [1.165, 1.54) is 0 Å². The summed E-state index contributed by atoms with van der Waals surface area (Å²) in [5.41, 5.74) is 0. The lowest BCUT2D eigenvalue weighted by molar-refractivity contribution is -0.173. The Morgan fingerprint density at radius 1 is 1.23 bits per heavy atom. The maximum Gasteiger partial charge on any atom is 0.411 e. The number of rotatable bonds is 10. The third kappa shape index (κ3) is 10.8. The molecule has 1 unspecified atom stereocenters. The molecule has 1 atom stereocenters. The predicted octanol–water partition coefficient (Wildman–Crippen LogP) is 1.87.